The quantitative estimate of drug-likeness (QED) is 0.911. The van der Waals surface area contributed by atoms with E-state index in [2.05, 4.69) is 28.0 Å². The van der Waals surface area contributed by atoms with Gasteiger partial charge in [-0.2, -0.15) is 5.10 Å². The number of carbonyl (C=O) groups is 1. The number of likely N-dealkylation sites (tertiary alicyclic amines) is 1. The second-order valence-electron chi connectivity index (χ2n) is 6.14. The predicted molar refractivity (Wildman–Crippen MR) is 88.9 cm³/mol. The summed E-state index contributed by atoms with van der Waals surface area (Å²) >= 11 is 3.44. The molecule has 1 amide bonds. The van der Waals surface area contributed by atoms with Gasteiger partial charge in [0.15, 0.2) is 0 Å². The van der Waals surface area contributed by atoms with Crippen LogP contribution in [-0.2, 0) is 0 Å². The Bertz CT molecular complexity index is 699. The van der Waals surface area contributed by atoms with Gasteiger partial charge >= 0.3 is 0 Å². The molecule has 0 aliphatic carbocycles. The van der Waals surface area contributed by atoms with Gasteiger partial charge in [0.25, 0.3) is 5.91 Å². The molecule has 1 aliphatic heterocycles. The molecular formula is C16H19BrN4O. The summed E-state index contributed by atoms with van der Waals surface area (Å²) in [7, 11) is 0. The monoisotopic (exact) mass is 362 g/mol. The van der Waals surface area contributed by atoms with Crippen LogP contribution < -0.4 is 5.73 Å². The molecule has 2 N–H and O–H groups in total. The van der Waals surface area contributed by atoms with E-state index in [9.17, 15) is 4.79 Å². The van der Waals surface area contributed by atoms with Crippen molar-refractivity contribution in [3.8, 4) is 5.69 Å². The largest absolute Gasteiger partial charge is 0.338 e. The lowest BCUT2D eigenvalue weighted by Gasteiger charge is -2.22. The fraction of sp³-hybridized carbons (Fsp3) is 0.375. The molecule has 1 saturated heterocycles. The van der Waals surface area contributed by atoms with Crippen molar-refractivity contribution in [2.24, 2.45) is 11.1 Å². The van der Waals surface area contributed by atoms with Gasteiger partial charge in [0, 0.05) is 23.8 Å². The Balaban J connectivity index is 1.78. The summed E-state index contributed by atoms with van der Waals surface area (Å²) in [6, 6.07) is 7.81. The molecule has 22 heavy (non-hydrogen) atoms. The topological polar surface area (TPSA) is 64.2 Å². The third kappa shape index (κ3) is 2.94. The van der Waals surface area contributed by atoms with Gasteiger partial charge in [-0.15, -0.1) is 0 Å². The van der Waals surface area contributed by atoms with Crippen LogP contribution in [0, 0.1) is 5.41 Å². The molecule has 0 spiro atoms. The number of benzene rings is 1. The number of halogens is 1. The van der Waals surface area contributed by atoms with Crippen LogP contribution >= 0.6 is 15.9 Å². The van der Waals surface area contributed by atoms with Crippen LogP contribution in [0.2, 0.25) is 0 Å². The summed E-state index contributed by atoms with van der Waals surface area (Å²) in [6.45, 7) is 4.21. The average Bonchev–Trinajstić information content (AvgIpc) is 3.14. The number of nitrogens with two attached hydrogens (primary N) is 1. The van der Waals surface area contributed by atoms with Gasteiger partial charge in [-0.3, -0.25) is 4.79 Å². The molecule has 5 nitrogen and oxygen atoms in total. The highest BCUT2D eigenvalue weighted by Crippen LogP contribution is 2.29. The van der Waals surface area contributed by atoms with E-state index in [4.69, 9.17) is 5.73 Å². The Kier molecular flexibility index (Phi) is 4.06. The van der Waals surface area contributed by atoms with E-state index >= 15 is 0 Å². The van der Waals surface area contributed by atoms with Crippen molar-refractivity contribution in [1.82, 2.24) is 14.7 Å². The molecule has 0 saturated carbocycles. The molecule has 1 aliphatic rings. The fourth-order valence-corrected chi connectivity index (χ4v) is 3.13. The number of nitrogens with zero attached hydrogens (tertiary/aromatic N) is 3. The lowest BCUT2D eigenvalue weighted by molar-refractivity contribution is 0.0777. The Morgan fingerprint density at radius 2 is 2.32 bits per heavy atom. The Morgan fingerprint density at radius 3 is 3.00 bits per heavy atom. The van der Waals surface area contributed by atoms with Crippen LogP contribution in [0.4, 0.5) is 0 Å². The molecule has 1 aromatic heterocycles. The highest BCUT2D eigenvalue weighted by Gasteiger charge is 2.35. The minimum Gasteiger partial charge on any atom is -0.338 e. The zero-order chi connectivity index (χ0) is 15.7. The van der Waals surface area contributed by atoms with Crippen molar-refractivity contribution in [3.05, 3.63) is 46.7 Å². The molecule has 1 atom stereocenters. The summed E-state index contributed by atoms with van der Waals surface area (Å²) < 4.78 is 2.70. The van der Waals surface area contributed by atoms with E-state index in [1.807, 2.05) is 29.2 Å². The van der Waals surface area contributed by atoms with Crippen LogP contribution in [0.3, 0.4) is 0 Å². The molecule has 1 fully saturated rings. The van der Waals surface area contributed by atoms with Gasteiger partial charge in [-0.25, -0.2) is 4.68 Å². The Hall–Kier alpha value is -1.66. The summed E-state index contributed by atoms with van der Waals surface area (Å²) in [5.41, 5.74) is 7.37. The van der Waals surface area contributed by atoms with E-state index in [-0.39, 0.29) is 11.3 Å². The van der Waals surface area contributed by atoms with Crippen molar-refractivity contribution >= 4 is 21.8 Å². The first-order valence-electron chi connectivity index (χ1n) is 7.31. The number of rotatable bonds is 3. The van der Waals surface area contributed by atoms with E-state index in [0.29, 0.717) is 18.7 Å². The molecule has 116 valence electrons. The maximum atomic E-state index is 12.6. The molecule has 2 aromatic rings. The summed E-state index contributed by atoms with van der Waals surface area (Å²) in [5.74, 6) is 0.0263. The minimum absolute atomic E-state index is 0.0263. The molecule has 3 rings (SSSR count). The maximum Gasteiger partial charge on any atom is 0.257 e. The highest BCUT2D eigenvalue weighted by molar-refractivity contribution is 9.10. The number of hydrogen-bond donors (Lipinski definition) is 1. The second-order valence-corrected chi connectivity index (χ2v) is 7.06. The van der Waals surface area contributed by atoms with Crippen molar-refractivity contribution in [2.75, 3.05) is 19.6 Å². The van der Waals surface area contributed by atoms with Gasteiger partial charge in [0.1, 0.15) is 0 Å². The normalized spacial score (nSPS) is 21.3. The zero-order valence-electron chi connectivity index (χ0n) is 12.5. The van der Waals surface area contributed by atoms with E-state index < -0.39 is 0 Å². The first kappa shape index (κ1) is 15.2. The number of amides is 1. The van der Waals surface area contributed by atoms with Crippen molar-refractivity contribution in [3.63, 3.8) is 0 Å². The van der Waals surface area contributed by atoms with Crippen molar-refractivity contribution in [2.45, 2.75) is 13.3 Å². The predicted octanol–water partition coefficient (Wildman–Crippen LogP) is 2.45. The number of aromatic nitrogens is 2. The SMILES string of the molecule is CC1(CN)CCN(C(=O)c2cnn(-c3cccc(Br)c3)c2)C1. The van der Waals surface area contributed by atoms with E-state index in [1.54, 1.807) is 17.1 Å². The number of hydrogen-bond acceptors (Lipinski definition) is 3. The smallest absolute Gasteiger partial charge is 0.257 e. The van der Waals surface area contributed by atoms with E-state index in [1.165, 1.54) is 0 Å². The van der Waals surface area contributed by atoms with Crippen molar-refractivity contribution in [1.29, 1.82) is 0 Å². The summed E-state index contributed by atoms with van der Waals surface area (Å²) in [5, 5.41) is 4.30. The lowest BCUT2D eigenvalue weighted by atomic mass is 9.90. The fourth-order valence-electron chi connectivity index (χ4n) is 2.74. The van der Waals surface area contributed by atoms with E-state index in [0.717, 1.165) is 23.1 Å². The second kappa shape index (κ2) is 5.85. The van der Waals surface area contributed by atoms with Gasteiger partial charge in [-0.05, 0) is 36.6 Å². The Labute approximate surface area is 138 Å². The molecule has 6 heteroatoms. The first-order chi connectivity index (χ1) is 10.5. The molecular weight excluding hydrogens is 344 g/mol. The molecule has 1 aromatic carbocycles. The zero-order valence-corrected chi connectivity index (χ0v) is 14.1. The first-order valence-corrected chi connectivity index (χ1v) is 8.10. The maximum absolute atomic E-state index is 12.6. The average molecular weight is 363 g/mol. The number of carbonyl (C=O) groups excluding carboxylic acids is 1. The highest BCUT2D eigenvalue weighted by atomic mass is 79.9. The van der Waals surface area contributed by atoms with Gasteiger partial charge in [-0.1, -0.05) is 28.9 Å². The summed E-state index contributed by atoms with van der Waals surface area (Å²) in [4.78, 5) is 14.5. The molecule has 0 radical (unpaired) electrons. The third-order valence-electron chi connectivity index (χ3n) is 4.24. The molecule has 2 heterocycles. The van der Waals surface area contributed by atoms with Gasteiger partial charge in [0.05, 0.1) is 17.4 Å². The third-order valence-corrected chi connectivity index (χ3v) is 4.73. The van der Waals surface area contributed by atoms with Gasteiger partial charge < -0.3 is 10.6 Å². The Morgan fingerprint density at radius 1 is 1.50 bits per heavy atom. The summed E-state index contributed by atoms with van der Waals surface area (Å²) in [6.07, 6.45) is 4.36. The minimum atomic E-state index is 0.0263. The van der Waals surface area contributed by atoms with Crippen LogP contribution in [0.5, 0.6) is 0 Å². The lowest BCUT2D eigenvalue weighted by Crippen LogP contribution is -2.34. The van der Waals surface area contributed by atoms with Crippen LogP contribution in [0.15, 0.2) is 41.1 Å². The van der Waals surface area contributed by atoms with Crippen LogP contribution in [0.25, 0.3) is 5.69 Å². The molecule has 1 unspecified atom stereocenters. The van der Waals surface area contributed by atoms with Crippen LogP contribution in [-0.4, -0.2) is 40.2 Å². The molecule has 0 bridgehead atoms. The standard InChI is InChI=1S/C16H19BrN4O/c1-16(10-18)5-6-20(11-16)15(22)12-8-19-21(9-12)14-4-2-3-13(17)7-14/h2-4,7-9H,5-6,10-11,18H2,1H3. The van der Waals surface area contributed by atoms with Crippen molar-refractivity contribution < 1.29 is 4.79 Å². The van der Waals surface area contributed by atoms with Crippen LogP contribution in [0.1, 0.15) is 23.7 Å². The van der Waals surface area contributed by atoms with Gasteiger partial charge in [0.2, 0.25) is 0 Å².